The third-order valence-corrected chi connectivity index (χ3v) is 8.97. The lowest BCUT2D eigenvalue weighted by molar-refractivity contribution is -0.185. The highest BCUT2D eigenvalue weighted by Crippen LogP contribution is 2.56. The standard InChI is InChI=1S/C29H35N3O10/c1-13-14-5-4-6-15(33)18(14)23(35)19-17(13)25(42-16(34)7-8-32-9-11-41-12-10-32)21-22(31(2)3)24(36)20(28(30)39)27(38)29(21,40)26(19)37/h4-6,13,17,21-22,25,33,35,38,40H,7-12H2,1-3H3,(H2,30,39)/t13-,17+,21+,22-,25-,29-/m1/s1. The molecule has 1 aromatic rings. The second kappa shape index (κ2) is 10.8. The highest BCUT2D eigenvalue weighted by molar-refractivity contribution is 6.24. The van der Waals surface area contributed by atoms with E-state index in [4.69, 9.17) is 15.2 Å². The van der Waals surface area contributed by atoms with Crippen molar-refractivity contribution in [3.63, 3.8) is 0 Å². The van der Waals surface area contributed by atoms with Crippen LogP contribution >= 0.6 is 0 Å². The Bertz CT molecular complexity index is 1410. The Morgan fingerprint density at radius 3 is 2.45 bits per heavy atom. The lowest BCUT2D eigenvalue weighted by Crippen LogP contribution is -2.71. The first-order chi connectivity index (χ1) is 19.8. The number of morpholine rings is 1. The number of ether oxygens (including phenoxy) is 2. The number of benzene rings is 1. The van der Waals surface area contributed by atoms with E-state index in [1.807, 2.05) is 4.90 Å². The molecule has 3 aliphatic carbocycles. The number of esters is 1. The van der Waals surface area contributed by atoms with Crippen LogP contribution in [0.5, 0.6) is 5.75 Å². The average molecular weight is 586 g/mol. The molecule has 1 aliphatic heterocycles. The Labute approximate surface area is 241 Å². The summed E-state index contributed by atoms with van der Waals surface area (Å²) in [4.78, 5) is 56.9. The minimum atomic E-state index is -2.97. The van der Waals surface area contributed by atoms with E-state index in [1.54, 1.807) is 19.1 Å². The molecule has 4 aliphatic rings. The molecule has 1 aromatic carbocycles. The zero-order chi connectivity index (χ0) is 30.7. The minimum Gasteiger partial charge on any atom is -0.508 e. The fraction of sp³-hybridized carbons (Fsp3) is 0.517. The minimum absolute atomic E-state index is 0.0429. The Morgan fingerprint density at radius 2 is 1.83 bits per heavy atom. The number of aliphatic hydroxyl groups is 3. The summed E-state index contributed by atoms with van der Waals surface area (Å²) in [6.07, 6.45) is -1.49. The number of primary amides is 1. The molecule has 13 nitrogen and oxygen atoms in total. The van der Waals surface area contributed by atoms with Gasteiger partial charge < -0.3 is 35.6 Å². The number of aromatic hydroxyl groups is 1. The Balaban J connectivity index is 1.69. The monoisotopic (exact) mass is 585 g/mol. The van der Waals surface area contributed by atoms with Crippen LogP contribution in [0, 0.1) is 11.8 Å². The Kier molecular flexibility index (Phi) is 7.64. The van der Waals surface area contributed by atoms with Gasteiger partial charge in [-0.05, 0) is 31.6 Å². The van der Waals surface area contributed by atoms with E-state index in [1.165, 1.54) is 25.1 Å². The first-order valence-electron chi connectivity index (χ1n) is 13.8. The van der Waals surface area contributed by atoms with Gasteiger partial charge in [0.25, 0.3) is 5.91 Å². The number of hydrogen-bond donors (Lipinski definition) is 5. The number of fused-ring (bicyclic) bond motifs is 3. The van der Waals surface area contributed by atoms with Gasteiger partial charge in [0.2, 0.25) is 5.78 Å². The van der Waals surface area contributed by atoms with Crippen LogP contribution in [-0.4, -0.2) is 118 Å². The van der Waals surface area contributed by atoms with Crippen molar-refractivity contribution in [3.8, 4) is 5.75 Å². The molecule has 1 saturated heterocycles. The third-order valence-electron chi connectivity index (χ3n) is 8.97. The Hall–Kier alpha value is -3.78. The fourth-order valence-corrected chi connectivity index (χ4v) is 6.97. The molecule has 0 radical (unpaired) electrons. The van der Waals surface area contributed by atoms with Gasteiger partial charge in [-0.1, -0.05) is 19.1 Å². The van der Waals surface area contributed by atoms with Crippen LogP contribution in [0.3, 0.4) is 0 Å². The maximum Gasteiger partial charge on any atom is 0.307 e. The second-order valence-corrected chi connectivity index (χ2v) is 11.5. The number of amides is 1. The number of nitrogens with zero attached hydrogens (tertiary/aromatic N) is 2. The molecular weight excluding hydrogens is 550 g/mol. The van der Waals surface area contributed by atoms with Gasteiger partial charge in [0, 0.05) is 31.1 Å². The van der Waals surface area contributed by atoms with Gasteiger partial charge in [-0.2, -0.15) is 0 Å². The van der Waals surface area contributed by atoms with Gasteiger partial charge >= 0.3 is 5.97 Å². The van der Waals surface area contributed by atoms with Crippen LogP contribution in [0.4, 0.5) is 0 Å². The van der Waals surface area contributed by atoms with Gasteiger partial charge in [0.15, 0.2) is 11.4 Å². The summed E-state index contributed by atoms with van der Waals surface area (Å²) in [5.41, 5.74) is 1.50. The van der Waals surface area contributed by atoms with Crippen LogP contribution in [0.1, 0.15) is 30.4 Å². The second-order valence-electron chi connectivity index (χ2n) is 11.5. The molecule has 0 spiro atoms. The van der Waals surface area contributed by atoms with Crippen LogP contribution in [0.15, 0.2) is 35.1 Å². The van der Waals surface area contributed by atoms with Crippen LogP contribution in [0.2, 0.25) is 0 Å². The van der Waals surface area contributed by atoms with E-state index >= 15 is 0 Å². The fourth-order valence-electron chi connectivity index (χ4n) is 6.97. The van der Waals surface area contributed by atoms with Crippen LogP contribution < -0.4 is 5.73 Å². The summed E-state index contributed by atoms with van der Waals surface area (Å²) in [5, 5.41) is 45.3. The summed E-state index contributed by atoms with van der Waals surface area (Å²) >= 11 is 0. The number of Topliss-reactive ketones (excluding diaryl/α,β-unsaturated/α-hetero) is 2. The number of carbonyl (C=O) groups is 4. The average Bonchev–Trinajstić information content (AvgIpc) is 2.93. The molecular formula is C29H35N3O10. The number of rotatable bonds is 6. The highest BCUT2D eigenvalue weighted by atomic mass is 16.5. The van der Waals surface area contributed by atoms with E-state index in [2.05, 4.69) is 0 Å². The lowest BCUT2D eigenvalue weighted by atomic mass is 9.54. The molecule has 6 atom stereocenters. The van der Waals surface area contributed by atoms with Gasteiger partial charge in [0.1, 0.15) is 28.9 Å². The molecule has 13 heteroatoms. The predicted octanol–water partition coefficient (Wildman–Crippen LogP) is -0.231. The molecule has 0 bridgehead atoms. The van der Waals surface area contributed by atoms with Crippen molar-refractivity contribution in [2.45, 2.75) is 37.0 Å². The first-order valence-corrected chi connectivity index (χ1v) is 13.8. The van der Waals surface area contributed by atoms with Crippen molar-refractivity contribution in [2.24, 2.45) is 17.6 Å². The number of phenols is 1. The van der Waals surface area contributed by atoms with Gasteiger partial charge in [-0.25, -0.2) is 0 Å². The lowest BCUT2D eigenvalue weighted by Gasteiger charge is -2.54. The van der Waals surface area contributed by atoms with Crippen molar-refractivity contribution in [2.75, 3.05) is 46.9 Å². The molecule has 1 heterocycles. The Morgan fingerprint density at radius 1 is 1.17 bits per heavy atom. The third kappa shape index (κ3) is 4.39. The topological polar surface area (TPSA) is 200 Å². The van der Waals surface area contributed by atoms with Crippen LogP contribution in [0.25, 0.3) is 5.76 Å². The quantitative estimate of drug-likeness (QED) is 0.217. The maximum atomic E-state index is 14.2. The normalized spacial score (nSPS) is 31.5. The van der Waals surface area contributed by atoms with Crippen molar-refractivity contribution < 1.29 is 49.1 Å². The van der Waals surface area contributed by atoms with Gasteiger partial charge in [-0.3, -0.25) is 29.0 Å². The summed E-state index contributed by atoms with van der Waals surface area (Å²) in [6, 6.07) is 3.11. The van der Waals surface area contributed by atoms with E-state index in [-0.39, 0.29) is 17.7 Å². The van der Waals surface area contributed by atoms with Crippen LogP contribution in [-0.2, 0) is 28.7 Å². The van der Waals surface area contributed by atoms with E-state index < -0.39 is 81.6 Å². The predicted molar refractivity (Wildman–Crippen MR) is 146 cm³/mol. The zero-order valence-electron chi connectivity index (χ0n) is 23.6. The maximum absolute atomic E-state index is 14.2. The molecule has 226 valence electrons. The number of carbonyl (C=O) groups excluding carboxylic acids is 4. The molecule has 42 heavy (non-hydrogen) atoms. The summed E-state index contributed by atoms with van der Waals surface area (Å²) < 4.78 is 11.4. The molecule has 6 N–H and O–H groups in total. The molecule has 0 unspecified atom stereocenters. The molecule has 1 amide bonds. The van der Waals surface area contributed by atoms with E-state index in [0.29, 0.717) is 38.4 Å². The van der Waals surface area contributed by atoms with Crippen molar-refractivity contribution in [1.29, 1.82) is 0 Å². The summed E-state index contributed by atoms with van der Waals surface area (Å²) in [5.74, 6) is -9.76. The van der Waals surface area contributed by atoms with Crippen molar-refractivity contribution in [3.05, 3.63) is 46.2 Å². The number of nitrogens with two attached hydrogens (primary N) is 1. The largest absolute Gasteiger partial charge is 0.508 e. The van der Waals surface area contributed by atoms with Crippen molar-refractivity contribution in [1.82, 2.24) is 9.80 Å². The molecule has 5 rings (SSSR count). The van der Waals surface area contributed by atoms with E-state index in [9.17, 15) is 39.6 Å². The summed E-state index contributed by atoms with van der Waals surface area (Å²) in [7, 11) is 2.96. The summed E-state index contributed by atoms with van der Waals surface area (Å²) in [6.45, 7) is 4.35. The van der Waals surface area contributed by atoms with E-state index in [0.717, 1.165) is 0 Å². The number of hydrogen-bond acceptors (Lipinski definition) is 12. The number of phenolic OH excluding ortho intramolecular Hbond substituents is 1. The van der Waals surface area contributed by atoms with Crippen molar-refractivity contribution >= 4 is 29.2 Å². The number of ketones is 2. The zero-order valence-corrected chi connectivity index (χ0v) is 23.6. The molecule has 1 saturated carbocycles. The van der Waals surface area contributed by atoms with Gasteiger partial charge in [0.05, 0.1) is 37.2 Å². The number of aliphatic hydroxyl groups excluding tert-OH is 2. The number of likely N-dealkylation sites (N-methyl/N-ethyl adjacent to an activating group) is 1. The molecule has 2 fully saturated rings. The smallest absolute Gasteiger partial charge is 0.307 e. The SMILES string of the molecule is C[C@@H]1c2cccc(O)c2C(O)=C2C(=O)[C@@]3(O)C(O)=C(C(N)=O)C(=O)[C@H](N(C)C)[C@H]3[C@H](OC(=O)CCN3CCOCC3)[C@H]21. The van der Waals surface area contributed by atoms with Gasteiger partial charge in [-0.15, -0.1) is 0 Å². The molecule has 0 aromatic heterocycles. The first kappa shape index (κ1) is 29.7. The highest BCUT2D eigenvalue weighted by Gasteiger charge is 2.69.